The third kappa shape index (κ3) is 5.26. The van der Waals surface area contributed by atoms with Gasteiger partial charge in [0.15, 0.2) is 11.0 Å². The zero-order valence-electron chi connectivity index (χ0n) is 16.0. The molecule has 0 bridgehead atoms. The van der Waals surface area contributed by atoms with Gasteiger partial charge in [-0.3, -0.25) is 9.36 Å². The number of halogens is 1. The maximum Gasteiger partial charge on any atom is 0.316 e. The average Bonchev–Trinajstić information content (AvgIpc) is 3.14. The summed E-state index contributed by atoms with van der Waals surface area (Å²) in [5, 5.41) is 8.61. The molecular formula is C20H20FN3O4S. The Morgan fingerprint density at radius 1 is 1.10 bits per heavy atom. The molecule has 3 aromatic rings. The monoisotopic (exact) mass is 417 g/mol. The van der Waals surface area contributed by atoms with Crippen LogP contribution in [0.25, 0.3) is 5.69 Å². The van der Waals surface area contributed by atoms with Crippen molar-refractivity contribution in [3.63, 3.8) is 0 Å². The number of ether oxygens (including phenoxy) is 3. The molecule has 0 amide bonds. The van der Waals surface area contributed by atoms with E-state index >= 15 is 0 Å². The summed E-state index contributed by atoms with van der Waals surface area (Å²) >= 11 is 1.12. The molecule has 1 aromatic heterocycles. The quantitative estimate of drug-likeness (QED) is 0.389. The molecule has 29 heavy (non-hydrogen) atoms. The Bertz CT molecular complexity index is 963. The molecule has 1 heterocycles. The summed E-state index contributed by atoms with van der Waals surface area (Å²) in [5.41, 5.74) is 0.275. The third-order valence-corrected chi connectivity index (χ3v) is 4.75. The van der Waals surface area contributed by atoms with Gasteiger partial charge in [-0.25, -0.2) is 4.39 Å². The van der Waals surface area contributed by atoms with Crippen LogP contribution < -0.4 is 9.47 Å². The number of thioether (sulfide) groups is 1. The molecule has 0 N–H and O–H groups in total. The number of rotatable bonds is 9. The first kappa shape index (κ1) is 20.7. The van der Waals surface area contributed by atoms with Gasteiger partial charge in [0.2, 0.25) is 0 Å². The molecule has 3 rings (SSSR count). The highest BCUT2D eigenvalue weighted by molar-refractivity contribution is 7.99. The number of methoxy groups -OCH3 is 1. The lowest BCUT2D eigenvalue weighted by Crippen LogP contribution is -2.10. The smallest absolute Gasteiger partial charge is 0.316 e. The summed E-state index contributed by atoms with van der Waals surface area (Å²) in [6, 6.07) is 13.4. The number of para-hydroxylation sites is 1. The number of hydrogen-bond donors (Lipinski definition) is 0. The number of benzene rings is 2. The molecule has 0 unspecified atom stereocenters. The van der Waals surface area contributed by atoms with E-state index in [1.165, 1.54) is 6.07 Å². The first-order valence-electron chi connectivity index (χ1n) is 8.86. The predicted molar refractivity (Wildman–Crippen MR) is 106 cm³/mol. The van der Waals surface area contributed by atoms with Crippen LogP contribution in [-0.2, 0) is 16.1 Å². The van der Waals surface area contributed by atoms with Crippen LogP contribution in [-0.4, -0.2) is 40.2 Å². The zero-order valence-corrected chi connectivity index (χ0v) is 16.8. The molecule has 0 fully saturated rings. The molecule has 0 aliphatic heterocycles. The second-order valence-electron chi connectivity index (χ2n) is 5.74. The molecule has 0 aliphatic rings. The fraction of sp³-hybridized carbons (Fsp3) is 0.250. The highest BCUT2D eigenvalue weighted by atomic mass is 32.2. The Morgan fingerprint density at radius 3 is 2.52 bits per heavy atom. The van der Waals surface area contributed by atoms with Crippen molar-refractivity contribution in [3.05, 3.63) is 60.2 Å². The molecule has 0 atom stereocenters. The van der Waals surface area contributed by atoms with Crippen molar-refractivity contribution >= 4 is 17.7 Å². The summed E-state index contributed by atoms with van der Waals surface area (Å²) in [7, 11) is 1.59. The molecule has 0 radical (unpaired) electrons. The predicted octanol–water partition coefficient (Wildman–Crippen LogP) is 3.65. The van der Waals surface area contributed by atoms with E-state index in [0.29, 0.717) is 29.1 Å². The van der Waals surface area contributed by atoms with Crippen LogP contribution in [0, 0.1) is 5.82 Å². The number of carbonyl (C=O) groups excluding carboxylic acids is 1. The van der Waals surface area contributed by atoms with Crippen molar-refractivity contribution in [2.45, 2.75) is 18.7 Å². The van der Waals surface area contributed by atoms with Gasteiger partial charge in [-0.15, -0.1) is 10.2 Å². The second kappa shape index (κ2) is 9.92. The van der Waals surface area contributed by atoms with Gasteiger partial charge < -0.3 is 14.2 Å². The number of aromatic nitrogens is 3. The summed E-state index contributed by atoms with van der Waals surface area (Å²) in [6.07, 6.45) is 0. The van der Waals surface area contributed by atoms with Crippen molar-refractivity contribution in [1.29, 1.82) is 0 Å². The molecule has 0 saturated heterocycles. The van der Waals surface area contributed by atoms with Crippen molar-refractivity contribution in [3.8, 4) is 17.2 Å². The molecule has 0 aliphatic carbocycles. The van der Waals surface area contributed by atoms with Crippen molar-refractivity contribution in [2.24, 2.45) is 0 Å². The lowest BCUT2D eigenvalue weighted by molar-refractivity contribution is -0.139. The van der Waals surface area contributed by atoms with Crippen LogP contribution in [0.1, 0.15) is 12.7 Å². The summed E-state index contributed by atoms with van der Waals surface area (Å²) < 4.78 is 31.8. The molecule has 0 saturated carbocycles. The summed E-state index contributed by atoms with van der Waals surface area (Å²) in [6.45, 7) is 2.09. The first-order chi connectivity index (χ1) is 14.1. The van der Waals surface area contributed by atoms with Crippen LogP contribution in [0.3, 0.4) is 0 Å². The standard InChI is InChI=1S/C20H20FN3O4S/c1-3-27-19(25)13-29-20-23-22-18(24(20)17-7-5-4-6-16(17)21)12-28-15-10-8-14(26-2)9-11-15/h4-11H,3,12-13H2,1-2H3. The molecule has 9 heteroatoms. The van der Waals surface area contributed by atoms with Crippen LogP contribution in [0.4, 0.5) is 4.39 Å². The lowest BCUT2D eigenvalue weighted by atomic mass is 10.3. The van der Waals surface area contributed by atoms with E-state index in [2.05, 4.69) is 10.2 Å². The number of hydrogen-bond acceptors (Lipinski definition) is 7. The van der Waals surface area contributed by atoms with Gasteiger partial charge in [-0.05, 0) is 43.3 Å². The van der Waals surface area contributed by atoms with Gasteiger partial charge >= 0.3 is 5.97 Å². The number of esters is 1. The van der Waals surface area contributed by atoms with Gasteiger partial charge in [-0.2, -0.15) is 0 Å². The Labute approximate surface area is 171 Å². The van der Waals surface area contributed by atoms with E-state index in [1.54, 1.807) is 61.1 Å². The number of carbonyl (C=O) groups is 1. The van der Waals surface area contributed by atoms with Gasteiger partial charge in [0.05, 0.1) is 25.2 Å². The maximum atomic E-state index is 14.4. The molecule has 152 valence electrons. The van der Waals surface area contributed by atoms with E-state index in [4.69, 9.17) is 14.2 Å². The van der Waals surface area contributed by atoms with Gasteiger partial charge in [0.25, 0.3) is 0 Å². The van der Waals surface area contributed by atoms with E-state index in [-0.39, 0.29) is 24.0 Å². The van der Waals surface area contributed by atoms with Crippen molar-refractivity contribution < 1.29 is 23.4 Å². The second-order valence-corrected chi connectivity index (χ2v) is 6.69. The van der Waals surface area contributed by atoms with Crippen LogP contribution in [0.15, 0.2) is 53.7 Å². The lowest BCUT2D eigenvalue weighted by Gasteiger charge is -2.12. The Balaban J connectivity index is 1.83. The average molecular weight is 417 g/mol. The Hall–Kier alpha value is -3.07. The maximum absolute atomic E-state index is 14.4. The van der Waals surface area contributed by atoms with Gasteiger partial charge in [0, 0.05) is 0 Å². The summed E-state index contributed by atoms with van der Waals surface area (Å²) in [4.78, 5) is 11.7. The minimum absolute atomic E-state index is 0.0414. The van der Waals surface area contributed by atoms with Gasteiger partial charge in [0.1, 0.15) is 23.9 Å². The van der Waals surface area contributed by atoms with Crippen molar-refractivity contribution in [2.75, 3.05) is 19.5 Å². The summed E-state index contributed by atoms with van der Waals surface area (Å²) in [5.74, 6) is 0.948. The first-order valence-corrected chi connectivity index (χ1v) is 9.85. The molecule has 0 spiro atoms. The highest BCUT2D eigenvalue weighted by Gasteiger charge is 2.19. The van der Waals surface area contributed by atoms with Crippen molar-refractivity contribution in [1.82, 2.24) is 14.8 Å². The highest BCUT2D eigenvalue weighted by Crippen LogP contribution is 2.25. The minimum Gasteiger partial charge on any atom is -0.497 e. The fourth-order valence-corrected chi connectivity index (χ4v) is 3.27. The van der Waals surface area contributed by atoms with E-state index in [0.717, 1.165) is 11.8 Å². The van der Waals surface area contributed by atoms with Crippen LogP contribution >= 0.6 is 11.8 Å². The van der Waals surface area contributed by atoms with Crippen LogP contribution in [0.2, 0.25) is 0 Å². The topological polar surface area (TPSA) is 75.5 Å². The minimum atomic E-state index is -0.434. The Morgan fingerprint density at radius 2 is 1.83 bits per heavy atom. The zero-order chi connectivity index (χ0) is 20.6. The Kier molecular flexibility index (Phi) is 7.07. The SMILES string of the molecule is CCOC(=O)CSc1nnc(COc2ccc(OC)cc2)n1-c1ccccc1F. The normalized spacial score (nSPS) is 10.6. The largest absolute Gasteiger partial charge is 0.497 e. The van der Waals surface area contributed by atoms with Crippen LogP contribution in [0.5, 0.6) is 11.5 Å². The van der Waals surface area contributed by atoms with E-state index in [9.17, 15) is 9.18 Å². The fourth-order valence-electron chi connectivity index (χ4n) is 2.51. The molecule has 2 aromatic carbocycles. The molecule has 7 nitrogen and oxygen atoms in total. The molecular weight excluding hydrogens is 397 g/mol. The van der Waals surface area contributed by atoms with E-state index < -0.39 is 5.82 Å². The third-order valence-electron chi connectivity index (χ3n) is 3.85. The van der Waals surface area contributed by atoms with E-state index in [1.807, 2.05) is 0 Å². The van der Waals surface area contributed by atoms with Gasteiger partial charge in [-0.1, -0.05) is 23.9 Å². The number of nitrogens with zero attached hydrogens (tertiary/aromatic N) is 3.